The van der Waals surface area contributed by atoms with E-state index in [1.54, 1.807) is 7.11 Å². The Morgan fingerprint density at radius 2 is 1.81 bits per heavy atom. The van der Waals surface area contributed by atoms with Gasteiger partial charge in [0.25, 0.3) is 0 Å². The summed E-state index contributed by atoms with van der Waals surface area (Å²) in [6, 6.07) is 6.39. The summed E-state index contributed by atoms with van der Waals surface area (Å²) >= 11 is 0. The molecule has 0 aliphatic heterocycles. The van der Waals surface area contributed by atoms with Gasteiger partial charge in [0, 0.05) is 18.6 Å². The predicted octanol–water partition coefficient (Wildman–Crippen LogP) is 3.48. The normalized spacial score (nSPS) is 12.1. The molecule has 0 spiro atoms. The molecule has 0 aliphatic carbocycles. The number of fused-ring (bicyclic) bond motifs is 1. The first-order chi connectivity index (χ1) is 7.45. The molecule has 0 atom stereocenters. The summed E-state index contributed by atoms with van der Waals surface area (Å²) in [5.41, 5.74) is 2.70. The number of aryl methyl sites for hydroxylation is 1. The fourth-order valence-electron chi connectivity index (χ4n) is 2.20. The van der Waals surface area contributed by atoms with Gasteiger partial charge in [-0.1, -0.05) is 26.8 Å². The molecule has 0 N–H and O–H groups in total. The SMILES string of the molecule is COc1ccc(C(C)(C)C)c2ccn(C)c12. The molecule has 0 saturated heterocycles. The average molecular weight is 217 g/mol. The van der Waals surface area contributed by atoms with Crippen LogP contribution in [0, 0.1) is 0 Å². The van der Waals surface area contributed by atoms with Gasteiger partial charge in [-0.15, -0.1) is 0 Å². The Morgan fingerprint density at radius 3 is 2.38 bits per heavy atom. The smallest absolute Gasteiger partial charge is 0.143 e. The van der Waals surface area contributed by atoms with E-state index in [4.69, 9.17) is 4.74 Å². The largest absolute Gasteiger partial charge is 0.495 e. The number of methoxy groups -OCH3 is 1. The van der Waals surface area contributed by atoms with Crippen LogP contribution < -0.4 is 4.74 Å². The van der Waals surface area contributed by atoms with Crippen LogP contribution in [0.1, 0.15) is 26.3 Å². The Bertz CT molecular complexity index is 517. The van der Waals surface area contributed by atoms with Crippen LogP contribution >= 0.6 is 0 Å². The van der Waals surface area contributed by atoms with Crippen molar-refractivity contribution in [1.82, 2.24) is 4.57 Å². The lowest BCUT2D eigenvalue weighted by molar-refractivity contribution is 0.417. The number of benzene rings is 1. The lowest BCUT2D eigenvalue weighted by Crippen LogP contribution is -2.11. The summed E-state index contributed by atoms with van der Waals surface area (Å²) in [6.07, 6.45) is 2.09. The minimum absolute atomic E-state index is 0.159. The summed E-state index contributed by atoms with van der Waals surface area (Å²) in [7, 11) is 3.77. The average Bonchev–Trinajstić information content (AvgIpc) is 2.58. The summed E-state index contributed by atoms with van der Waals surface area (Å²) in [4.78, 5) is 0. The molecule has 0 amide bonds. The summed E-state index contributed by atoms with van der Waals surface area (Å²) in [6.45, 7) is 6.71. The minimum atomic E-state index is 0.159. The van der Waals surface area contributed by atoms with Gasteiger partial charge >= 0.3 is 0 Å². The third-order valence-corrected chi connectivity index (χ3v) is 3.03. The van der Waals surface area contributed by atoms with E-state index in [1.165, 1.54) is 16.5 Å². The maximum atomic E-state index is 5.41. The molecule has 2 aromatic rings. The van der Waals surface area contributed by atoms with Gasteiger partial charge in [-0.05, 0) is 23.1 Å². The quantitative estimate of drug-likeness (QED) is 0.713. The van der Waals surface area contributed by atoms with Gasteiger partial charge in [-0.3, -0.25) is 0 Å². The third-order valence-electron chi connectivity index (χ3n) is 3.03. The van der Waals surface area contributed by atoms with Gasteiger partial charge in [0.1, 0.15) is 5.75 Å². The molecule has 2 heteroatoms. The van der Waals surface area contributed by atoms with Crippen molar-refractivity contribution in [3.05, 3.63) is 30.0 Å². The van der Waals surface area contributed by atoms with Crippen molar-refractivity contribution in [2.24, 2.45) is 7.05 Å². The zero-order valence-corrected chi connectivity index (χ0v) is 10.7. The monoisotopic (exact) mass is 217 g/mol. The zero-order valence-electron chi connectivity index (χ0n) is 10.7. The van der Waals surface area contributed by atoms with Gasteiger partial charge in [0.2, 0.25) is 0 Å². The number of hydrogen-bond acceptors (Lipinski definition) is 1. The molecular formula is C14H19NO. The molecular weight excluding hydrogens is 198 g/mol. The second-order valence-corrected chi connectivity index (χ2v) is 5.25. The highest BCUT2D eigenvalue weighted by molar-refractivity contribution is 5.89. The van der Waals surface area contributed by atoms with Crippen molar-refractivity contribution in [3.8, 4) is 5.75 Å². The summed E-state index contributed by atoms with van der Waals surface area (Å²) in [5.74, 6) is 0.940. The van der Waals surface area contributed by atoms with E-state index < -0.39 is 0 Å². The van der Waals surface area contributed by atoms with E-state index in [2.05, 4.69) is 56.8 Å². The van der Waals surface area contributed by atoms with Crippen LogP contribution in [-0.2, 0) is 12.5 Å². The molecule has 2 nitrogen and oxygen atoms in total. The van der Waals surface area contributed by atoms with Crippen LogP contribution in [0.15, 0.2) is 24.4 Å². The topological polar surface area (TPSA) is 14.2 Å². The molecule has 0 fully saturated rings. The number of rotatable bonds is 1. The van der Waals surface area contributed by atoms with Crippen LogP contribution in [0.3, 0.4) is 0 Å². The molecule has 0 unspecified atom stereocenters. The second-order valence-electron chi connectivity index (χ2n) is 5.25. The van der Waals surface area contributed by atoms with E-state index in [-0.39, 0.29) is 5.41 Å². The highest BCUT2D eigenvalue weighted by Gasteiger charge is 2.19. The zero-order chi connectivity index (χ0) is 11.9. The van der Waals surface area contributed by atoms with Crippen molar-refractivity contribution in [3.63, 3.8) is 0 Å². The van der Waals surface area contributed by atoms with E-state index in [0.29, 0.717) is 0 Å². The van der Waals surface area contributed by atoms with Gasteiger partial charge < -0.3 is 9.30 Å². The van der Waals surface area contributed by atoms with Crippen molar-refractivity contribution in [1.29, 1.82) is 0 Å². The number of nitrogens with zero attached hydrogens (tertiary/aromatic N) is 1. The number of hydrogen-bond donors (Lipinski definition) is 0. The van der Waals surface area contributed by atoms with E-state index in [1.807, 2.05) is 0 Å². The highest BCUT2D eigenvalue weighted by Crippen LogP contribution is 2.35. The first-order valence-electron chi connectivity index (χ1n) is 5.57. The molecule has 0 aliphatic rings. The number of ether oxygens (including phenoxy) is 1. The van der Waals surface area contributed by atoms with Crippen LogP contribution in [0.5, 0.6) is 5.75 Å². The standard InChI is InChI=1S/C14H19NO/c1-14(2,3)11-6-7-12(16-5)13-10(11)8-9-15(13)4/h6-9H,1-5H3. The molecule has 0 radical (unpaired) electrons. The maximum Gasteiger partial charge on any atom is 0.143 e. The van der Waals surface area contributed by atoms with Crippen LogP contribution in [0.25, 0.3) is 10.9 Å². The fraction of sp³-hybridized carbons (Fsp3) is 0.429. The Hall–Kier alpha value is -1.44. The molecule has 1 aromatic carbocycles. The maximum absolute atomic E-state index is 5.41. The molecule has 0 bridgehead atoms. The molecule has 0 saturated carbocycles. The van der Waals surface area contributed by atoms with Crippen molar-refractivity contribution in [2.75, 3.05) is 7.11 Å². The van der Waals surface area contributed by atoms with Crippen LogP contribution in [0.2, 0.25) is 0 Å². The van der Waals surface area contributed by atoms with Gasteiger partial charge in [0.05, 0.1) is 12.6 Å². The summed E-state index contributed by atoms with van der Waals surface area (Å²) in [5, 5.41) is 1.29. The van der Waals surface area contributed by atoms with Crippen molar-refractivity contribution < 1.29 is 4.74 Å². The second kappa shape index (κ2) is 3.55. The van der Waals surface area contributed by atoms with Crippen molar-refractivity contribution in [2.45, 2.75) is 26.2 Å². The van der Waals surface area contributed by atoms with E-state index in [9.17, 15) is 0 Å². The Balaban J connectivity index is 2.82. The Kier molecular flexibility index (Phi) is 2.45. The first-order valence-corrected chi connectivity index (χ1v) is 5.57. The third kappa shape index (κ3) is 1.58. The van der Waals surface area contributed by atoms with Crippen LogP contribution in [-0.4, -0.2) is 11.7 Å². The fourth-order valence-corrected chi connectivity index (χ4v) is 2.20. The lowest BCUT2D eigenvalue weighted by Gasteiger charge is -2.21. The lowest BCUT2D eigenvalue weighted by atomic mass is 9.85. The Labute approximate surface area is 96.8 Å². The van der Waals surface area contributed by atoms with E-state index >= 15 is 0 Å². The van der Waals surface area contributed by atoms with Crippen molar-refractivity contribution >= 4 is 10.9 Å². The summed E-state index contributed by atoms with van der Waals surface area (Å²) < 4.78 is 7.53. The number of aromatic nitrogens is 1. The highest BCUT2D eigenvalue weighted by atomic mass is 16.5. The molecule has 86 valence electrons. The predicted molar refractivity (Wildman–Crippen MR) is 68.2 cm³/mol. The molecule has 16 heavy (non-hydrogen) atoms. The van der Waals surface area contributed by atoms with Gasteiger partial charge in [0.15, 0.2) is 0 Å². The Morgan fingerprint density at radius 1 is 1.12 bits per heavy atom. The molecule has 2 rings (SSSR count). The van der Waals surface area contributed by atoms with E-state index in [0.717, 1.165) is 5.75 Å². The van der Waals surface area contributed by atoms with Gasteiger partial charge in [-0.25, -0.2) is 0 Å². The molecule has 1 aromatic heterocycles. The van der Waals surface area contributed by atoms with Crippen LogP contribution in [0.4, 0.5) is 0 Å². The molecule has 1 heterocycles. The minimum Gasteiger partial charge on any atom is -0.495 e. The van der Waals surface area contributed by atoms with Gasteiger partial charge in [-0.2, -0.15) is 0 Å². The first kappa shape index (κ1) is 11.1.